The van der Waals surface area contributed by atoms with Gasteiger partial charge in [-0.05, 0) is 0 Å². The molecule has 1 aliphatic heterocycles. The summed E-state index contributed by atoms with van der Waals surface area (Å²) in [4.78, 5) is 0. The number of ether oxygens (including phenoxy) is 4. The number of hydrogen-bond acceptors (Lipinski definition) is 9. The smallest absolute Gasteiger partial charge is 0.0701 e. The minimum absolute atomic E-state index is 0.0448. The summed E-state index contributed by atoms with van der Waals surface area (Å²) in [5.74, 6) is 3.40. The zero-order chi connectivity index (χ0) is 18.0. The monoisotopic (exact) mass is 416 g/mol. The maximum Gasteiger partial charge on any atom is 0.0701 e. The second kappa shape index (κ2) is 18.2. The predicted molar refractivity (Wildman–Crippen MR) is 107 cm³/mol. The van der Waals surface area contributed by atoms with Crippen molar-refractivity contribution < 1.29 is 29.2 Å². The largest absolute Gasteiger partial charge is 0.396 e. The summed E-state index contributed by atoms with van der Waals surface area (Å²) in [6.45, 7) is 5.27. The zero-order valence-corrected chi connectivity index (χ0v) is 17.3. The van der Waals surface area contributed by atoms with Crippen LogP contribution in [0, 0.1) is 0 Å². The van der Waals surface area contributed by atoms with Gasteiger partial charge in [0, 0.05) is 33.5 Å². The first kappa shape index (κ1) is 23.8. The lowest BCUT2D eigenvalue weighted by Gasteiger charge is -2.24. The van der Waals surface area contributed by atoms with Crippen LogP contribution in [0.4, 0.5) is 0 Å². The van der Waals surface area contributed by atoms with Crippen LogP contribution in [-0.4, -0.2) is 110 Å². The standard InChI is InChI=1S/C16H32O6S3/c17-1-9-24-15(13-18)16-14-22-5-4-20-7-11-23-10-6-19-2-3-21-8-12-25-16/h15-18H,1-14H2. The molecule has 0 spiro atoms. The molecule has 2 atom stereocenters. The molecule has 150 valence electrons. The van der Waals surface area contributed by atoms with Crippen molar-refractivity contribution in [3.8, 4) is 0 Å². The molecule has 0 aromatic heterocycles. The van der Waals surface area contributed by atoms with Crippen molar-refractivity contribution in [1.29, 1.82) is 0 Å². The van der Waals surface area contributed by atoms with E-state index in [1.54, 1.807) is 23.5 Å². The van der Waals surface area contributed by atoms with Gasteiger partial charge in [0.2, 0.25) is 0 Å². The van der Waals surface area contributed by atoms with Crippen LogP contribution in [0.3, 0.4) is 0 Å². The third-order valence-corrected chi connectivity index (χ3v) is 7.05. The summed E-state index contributed by atoms with van der Waals surface area (Å²) in [5, 5.41) is 18.9. The van der Waals surface area contributed by atoms with Gasteiger partial charge in [-0.15, -0.1) is 0 Å². The molecular formula is C16H32O6S3. The Labute approximate surface area is 164 Å². The van der Waals surface area contributed by atoms with Gasteiger partial charge < -0.3 is 29.2 Å². The summed E-state index contributed by atoms with van der Waals surface area (Å²) in [6, 6.07) is 0. The van der Waals surface area contributed by atoms with Crippen LogP contribution < -0.4 is 0 Å². The lowest BCUT2D eigenvalue weighted by atomic mass is 10.3. The third kappa shape index (κ3) is 13.6. The maximum absolute atomic E-state index is 9.66. The molecular weight excluding hydrogens is 384 g/mol. The van der Waals surface area contributed by atoms with E-state index in [0.29, 0.717) is 45.4 Å². The van der Waals surface area contributed by atoms with Crippen molar-refractivity contribution in [2.45, 2.75) is 10.5 Å². The van der Waals surface area contributed by atoms with E-state index in [2.05, 4.69) is 0 Å². The van der Waals surface area contributed by atoms with E-state index in [1.807, 2.05) is 11.8 Å². The van der Waals surface area contributed by atoms with Crippen molar-refractivity contribution in [2.24, 2.45) is 0 Å². The van der Waals surface area contributed by atoms with Gasteiger partial charge in [0.1, 0.15) is 0 Å². The Morgan fingerprint density at radius 2 is 1.44 bits per heavy atom. The van der Waals surface area contributed by atoms with Crippen LogP contribution >= 0.6 is 35.3 Å². The van der Waals surface area contributed by atoms with Crippen molar-refractivity contribution in [3.63, 3.8) is 0 Å². The van der Waals surface area contributed by atoms with Gasteiger partial charge in [-0.25, -0.2) is 0 Å². The minimum atomic E-state index is 0.0448. The highest BCUT2D eigenvalue weighted by molar-refractivity contribution is 8.03. The molecule has 1 aliphatic rings. The molecule has 9 heteroatoms. The summed E-state index contributed by atoms with van der Waals surface area (Å²) < 4.78 is 22.4. The summed E-state index contributed by atoms with van der Waals surface area (Å²) >= 11 is 5.16. The van der Waals surface area contributed by atoms with E-state index >= 15 is 0 Å². The van der Waals surface area contributed by atoms with Crippen LogP contribution in [0.2, 0.25) is 0 Å². The highest BCUT2D eigenvalue weighted by Gasteiger charge is 2.22. The molecule has 0 bridgehead atoms. The van der Waals surface area contributed by atoms with Crippen molar-refractivity contribution in [1.82, 2.24) is 0 Å². The first-order valence-corrected chi connectivity index (χ1v) is 12.0. The summed E-state index contributed by atoms with van der Waals surface area (Å²) in [7, 11) is 0. The van der Waals surface area contributed by atoms with E-state index in [4.69, 9.17) is 24.1 Å². The maximum atomic E-state index is 9.66. The molecule has 25 heavy (non-hydrogen) atoms. The zero-order valence-electron chi connectivity index (χ0n) is 14.8. The van der Waals surface area contributed by atoms with Gasteiger partial charge in [0.25, 0.3) is 0 Å². The Kier molecular flexibility index (Phi) is 17.3. The van der Waals surface area contributed by atoms with Crippen LogP contribution in [0.1, 0.15) is 0 Å². The second-order valence-corrected chi connectivity index (χ2v) is 9.17. The minimum Gasteiger partial charge on any atom is -0.396 e. The molecule has 1 fully saturated rings. The van der Waals surface area contributed by atoms with Crippen molar-refractivity contribution in [2.75, 3.05) is 89.1 Å². The van der Waals surface area contributed by atoms with Gasteiger partial charge in [0.15, 0.2) is 0 Å². The molecule has 1 saturated heterocycles. The molecule has 6 nitrogen and oxygen atoms in total. The van der Waals surface area contributed by atoms with Gasteiger partial charge in [-0.3, -0.25) is 0 Å². The Morgan fingerprint density at radius 1 is 0.840 bits per heavy atom. The normalized spacial score (nSPS) is 25.0. The fourth-order valence-electron chi connectivity index (χ4n) is 2.08. The Hall–Kier alpha value is 0.810. The number of aliphatic hydroxyl groups is 2. The average molecular weight is 417 g/mol. The molecule has 0 aliphatic carbocycles. The van der Waals surface area contributed by atoms with Crippen molar-refractivity contribution in [3.05, 3.63) is 0 Å². The summed E-state index contributed by atoms with van der Waals surface area (Å²) in [6.07, 6.45) is 0. The van der Waals surface area contributed by atoms with Crippen LogP contribution in [-0.2, 0) is 18.9 Å². The fraction of sp³-hybridized carbons (Fsp3) is 1.00. The number of thioether (sulfide) groups is 3. The molecule has 0 amide bonds. The Bertz CT molecular complexity index is 271. The number of hydrogen-bond donors (Lipinski definition) is 2. The molecule has 0 aromatic carbocycles. The molecule has 0 radical (unpaired) electrons. The average Bonchev–Trinajstić information content (AvgIpc) is 2.63. The first-order valence-electron chi connectivity index (χ1n) is 8.72. The molecule has 1 rings (SSSR count). The highest BCUT2D eigenvalue weighted by Crippen LogP contribution is 2.25. The Balaban J connectivity index is 2.38. The first-order chi connectivity index (χ1) is 12.4. The van der Waals surface area contributed by atoms with Gasteiger partial charge in [-0.2, -0.15) is 35.3 Å². The fourth-order valence-corrected chi connectivity index (χ4v) is 5.05. The van der Waals surface area contributed by atoms with E-state index in [1.165, 1.54) is 0 Å². The Morgan fingerprint density at radius 3 is 2.04 bits per heavy atom. The molecule has 2 unspecified atom stereocenters. The van der Waals surface area contributed by atoms with Gasteiger partial charge >= 0.3 is 0 Å². The van der Waals surface area contributed by atoms with E-state index in [-0.39, 0.29) is 23.7 Å². The van der Waals surface area contributed by atoms with E-state index in [0.717, 1.165) is 30.5 Å². The lowest BCUT2D eigenvalue weighted by Crippen LogP contribution is -2.30. The second-order valence-electron chi connectivity index (χ2n) is 5.25. The molecule has 1 heterocycles. The number of aliphatic hydroxyl groups excluding tert-OH is 2. The predicted octanol–water partition coefficient (Wildman–Crippen LogP) is 0.988. The van der Waals surface area contributed by atoms with E-state index < -0.39 is 0 Å². The lowest BCUT2D eigenvalue weighted by molar-refractivity contribution is 0.0523. The van der Waals surface area contributed by atoms with Gasteiger partial charge in [0.05, 0.1) is 66.1 Å². The van der Waals surface area contributed by atoms with Crippen LogP contribution in [0.5, 0.6) is 0 Å². The van der Waals surface area contributed by atoms with Crippen LogP contribution in [0.25, 0.3) is 0 Å². The quantitative estimate of drug-likeness (QED) is 0.682. The van der Waals surface area contributed by atoms with E-state index in [9.17, 15) is 5.11 Å². The third-order valence-electron chi connectivity index (χ3n) is 3.35. The van der Waals surface area contributed by atoms with Crippen molar-refractivity contribution >= 4 is 35.3 Å². The summed E-state index contributed by atoms with van der Waals surface area (Å²) in [5.41, 5.74) is 0. The highest BCUT2D eigenvalue weighted by atomic mass is 32.2. The van der Waals surface area contributed by atoms with Crippen LogP contribution in [0.15, 0.2) is 0 Å². The SMILES string of the molecule is OCCSC(CO)C1COCCOCCSCCOCCOCCS1. The molecule has 0 aromatic rings. The topological polar surface area (TPSA) is 77.4 Å². The number of rotatable bonds is 5. The molecule has 2 N–H and O–H groups in total. The van der Waals surface area contributed by atoms with Gasteiger partial charge in [-0.1, -0.05) is 0 Å². The molecule has 0 saturated carbocycles.